The summed E-state index contributed by atoms with van der Waals surface area (Å²) < 4.78 is 5.16. The molecular formula is C21H29NO3. The van der Waals surface area contributed by atoms with Crippen molar-refractivity contribution in [3.05, 3.63) is 23.1 Å². The molecule has 0 bridgehead atoms. The van der Waals surface area contributed by atoms with Crippen LogP contribution in [-0.2, 0) is 6.42 Å². The van der Waals surface area contributed by atoms with Gasteiger partial charge in [0, 0.05) is 5.56 Å². The molecular weight excluding hydrogens is 314 g/mol. The van der Waals surface area contributed by atoms with Gasteiger partial charge in [-0.15, -0.1) is 0 Å². The van der Waals surface area contributed by atoms with Gasteiger partial charge in [0.1, 0.15) is 12.0 Å². The first kappa shape index (κ1) is 15.9. The molecule has 0 aliphatic heterocycles. The van der Waals surface area contributed by atoms with Crippen LogP contribution < -0.4 is 0 Å². The molecule has 4 heteroatoms. The minimum absolute atomic E-state index is 0.00132. The summed E-state index contributed by atoms with van der Waals surface area (Å²) in [6.45, 7) is 6.73. The lowest BCUT2D eigenvalue weighted by molar-refractivity contribution is -0.116. The SMILES string of the molecule is CC12Cc3conc3C(O)=C1CCC1C2CCC2(C)C1CCC2(C)O. The molecule has 0 radical (unpaired) electrons. The van der Waals surface area contributed by atoms with E-state index in [0.717, 1.165) is 50.5 Å². The van der Waals surface area contributed by atoms with Gasteiger partial charge in [-0.05, 0) is 86.0 Å². The molecule has 2 N–H and O–H groups in total. The Morgan fingerprint density at radius 2 is 1.88 bits per heavy atom. The van der Waals surface area contributed by atoms with E-state index in [9.17, 15) is 10.2 Å². The van der Waals surface area contributed by atoms with Gasteiger partial charge in [-0.3, -0.25) is 0 Å². The first-order chi connectivity index (χ1) is 11.8. The van der Waals surface area contributed by atoms with E-state index in [0.29, 0.717) is 29.2 Å². The molecule has 4 aliphatic rings. The minimum Gasteiger partial charge on any atom is -0.506 e. The largest absolute Gasteiger partial charge is 0.506 e. The van der Waals surface area contributed by atoms with Gasteiger partial charge >= 0.3 is 0 Å². The highest BCUT2D eigenvalue weighted by Gasteiger charge is 2.62. The number of allylic oxidation sites excluding steroid dienone is 1. The van der Waals surface area contributed by atoms with E-state index in [1.54, 1.807) is 6.26 Å². The van der Waals surface area contributed by atoms with Crippen molar-refractivity contribution < 1.29 is 14.7 Å². The average molecular weight is 343 g/mol. The fourth-order valence-corrected chi connectivity index (χ4v) is 7.29. The maximum absolute atomic E-state index is 11.0. The fourth-order valence-electron chi connectivity index (χ4n) is 7.29. The van der Waals surface area contributed by atoms with Crippen molar-refractivity contribution in [1.29, 1.82) is 0 Å². The lowest BCUT2D eigenvalue weighted by Gasteiger charge is -2.58. The van der Waals surface area contributed by atoms with Gasteiger partial charge in [-0.25, -0.2) is 0 Å². The van der Waals surface area contributed by atoms with Crippen molar-refractivity contribution in [2.75, 3.05) is 0 Å². The fraction of sp³-hybridized carbons (Fsp3) is 0.762. The molecule has 1 heterocycles. The van der Waals surface area contributed by atoms with E-state index in [-0.39, 0.29) is 10.8 Å². The molecule has 6 unspecified atom stereocenters. The maximum Gasteiger partial charge on any atom is 0.151 e. The number of hydrogen-bond donors (Lipinski definition) is 2. The maximum atomic E-state index is 11.0. The van der Waals surface area contributed by atoms with Crippen LogP contribution in [-0.4, -0.2) is 21.0 Å². The van der Waals surface area contributed by atoms with E-state index in [1.807, 2.05) is 0 Å². The van der Waals surface area contributed by atoms with Crippen LogP contribution in [0.5, 0.6) is 0 Å². The van der Waals surface area contributed by atoms with Crippen LogP contribution in [0.25, 0.3) is 5.76 Å². The van der Waals surface area contributed by atoms with Gasteiger partial charge in [0.25, 0.3) is 0 Å². The van der Waals surface area contributed by atoms with Crippen LogP contribution in [0, 0.1) is 28.6 Å². The Balaban J connectivity index is 1.57. The number of fused-ring (bicyclic) bond motifs is 6. The summed E-state index contributed by atoms with van der Waals surface area (Å²) in [4.78, 5) is 0. The van der Waals surface area contributed by atoms with Crippen molar-refractivity contribution in [3.8, 4) is 0 Å². The van der Waals surface area contributed by atoms with Gasteiger partial charge in [0.15, 0.2) is 5.69 Å². The highest BCUT2D eigenvalue weighted by atomic mass is 16.5. The van der Waals surface area contributed by atoms with E-state index in [2.05, 4.69) is 25.9 Å². The number of aliphatic hydroxyl groups is 2. The second-order valence-corrected chi connectivity index (χ2v) is 9.79. The van der Waals surface area contributed by atoms with Crippen LogP contribution in [0.1, 0.15) is 70.6 Å². The standard InChI is InChI=1S/C21H29NO3/c1-19-10-12-11-25-22-17(12)18(23)16(19)5-4-13-14(19)6-8-20(2)15(13)7-9-21(20,3)24/h11,13-15,23-24H,4-10H2,1-3H3. The number of nitrogens with zero attached hydrogens (tertiary/aromatic N) is 1. The molecule has 1 aromatic rings. The van der Waals surface area contributed by atoms with E-state index in [1.165, 1.54) is 5.57 Å². The predicted molar refractivity (Wildman–Crippen MR) is 94.8 cm³/mol. The zero-order valence-corrected chi connectivity index (χ0v) is 15.5. The predicted octanol–water partition coefficient (Wildman–Crippen LogP) is 4.49. The van der Waals surface area contributed by atoms with Gasteiger partial charge in [0.05, 0.1) is 5.60 Å². The lowest BCUT2D eigenvalue weighted by atomic mass is 9.46. The Morgan fingerprint density at radius 3 is 2.68 bits per heavy atom. The molecule has 0 saturated heterocycles. The molecule has 6 atom stereocenters. The second kappa shape index (κ2) is 4.70. The second-order valence-electron chi connectivity index (χ2n) is 9.79. The van der Waals surface area contributed by atoms with Crippen molar-refractivity contribution in [3.63, 3.8) is 0 Å². The van der Waals surface area contributed by atoms with E-state index < -0.39 is 5.60 Å². The van der Waals surface area contributed by atoms with Crippen molar-refractivity contribution in [1.82, 2.24) is 5.16 Å². The summed E-state index contributed by atoms with van der Waals surface area (Å²) in [5.74, 6) is 2.21. The first-order valence-corrected chi connectivity index (χ1v) is 9.86. The molecule has 0 aromatic carbocycles. The van der Waals surface area contributed by atoms with E-state index >= 15 is 0 Å². The Kier molecular flexibility index (Phi) is 3.00. The summed E-state index contributed by atoms with van der Waals surface area (Å²) >= 11 is 0. The van der Waals surface area contributed by atoms with Crippen LogP contribution in [0.2, 0.25) is 0 Å². The molecule has 0 amide bonds. The smallest absolute Gasteiger partial charge is 0.151 e. The number of aromatic nitrogens is 1. The highest BCUT2D eigenvalue weighted by molar-refractivity contribution is 5.66. The molecule has 0 spiro atoms. The Labute approximate surface area is 149 Å². The minimum atomic E-state index is -0.532. The lowest BCUT2D eigenvalue weighted by Crippen LogP contribution is -2.54. The quantitative estimate of drug-likeness (QED) is 0.728. The summed E-state index contributed by atoms with van der Waals surface area (Å²) in [5.41, 5.74) is 2.43. The zero-order valence-electron chi connectivity index (χ0n) is 15.5. The van der Waals surface area contributed by atoms with Gasteiger partial charge < -0.3 is 14.7 Å². The van der Waals surface area contributed by atoms with Crippen molar-refractivity contribution >= 4 is 5.76 Å². The van der Waals surface area contributed by atoms with Gasteiger partial charge in [-0.1, -0.05) is 19.0 Å². The molecule has 3 saturated carbocycles. The zero-order chi connectivity index (χ0) is 17.6. The molecule has 3 fully saturated rings. The van der Waals surface area contributed by atoms with Crippen molar-refractivity contribution in [2.45, 2.75) is 71.3 Å². The summed E-state index contributed by atoms with van der Waals surface area (Å²) in [6, 6.07) is 0. The van der Waals surface area contributed by atoms with Gasteiger partial charge in [-0.2, -0.15) is 0 Å². The Bertz CT molecular complexity index is 763. The molecule has 4 nitrogen and oxygen atoms in total. The third-order valence-corrected chi connectivity index (χ3v) is 8.95. The molecule has 4 aliphatic carbocycles. The third-order valence-electron chi connectivity index (χ3n) is 8.95. The summed E-state index contributed by atoms with van der Waals surface area (Å²) in [5, 5.41) is 25.9. The van der Waals surface area contributed by atoms with Crippen LogP contribution in [0.4, 0.5) is 0 Å². The molecule has 25 heavy (non-hydrogen) atoms. The Morgan fingerprint density at radius 1 is 1.12 bits per heavy atom. The van der Waals surface area contributed by atoms with Crippen LogP contribution >= 0.6 is 0 Å². The number of hydrogen-bond acceptors (Lipinski definition) is 4. The molecule has 1 aromatic heterocycles. The molecule has 136 valence electrons. The number of aliphatic hydroxyl groups excluding tert-OH is 1. The normalized spacial score (nSPS) is 48.6. The van der Waals surface area contributed by atoms with Crippen LogP contribution in [0.3, 0.4) is 0 Å². The van der Waals surface area contributed by atoms with Gasteiger partial charge in [0.2, 0.25) is 0 Å². The van der Waals surface area contributed by atoms with Crippen LogP contribution in [0.15, 0.2) is 16.4 Å². The Hall–Kier alpha value is -1.29. The highest BCUT2D eigenvalue weighted by Crippen LogP contribution is 2.67. The monoisotopic (exact) mass is 343 g/mol. The topological polar surface area (TPSA) is 66.5 Å². The first-order valence-electron chi connectivity index (χ1n) is 9.86. The number of rotatable bonds is 0. The summed E-state index contributed by atoms with van der Waals surface area (Å²) in [7, 11) is 0. The molecule has 5 rings (SSSR count). The third kappa shape index (κ3) is 1.79. The van der Waals surface area contributed by atoms with Crippen molar-refractivity contribution in [2.24, 2.45) is 28.6 Å². The van der Waals surface area contributed by atoms with E-state index in [4.69, 9.17) is 4.52 Å². The summed E-state index contributed by atoms with van der Waals surface area (Å²) in [6.07, 6.45) is 9.01. The average Bonchev–Trinajstić information content (AvgIpc) is 3.10.